The standard InChI is InChI=1S/C14H19NO2Si/c1-16-12-6-5-11-7-8-14(10-15,13(11)9-12)17-18(2,3)4/h5-6,9H,7-8H2,1-4H3. The fourth-order valence-electron chi connectivity index (χ4n) is 2.49. The van der Waals surface area contributed by atoms with Gasteiger partial charge in [-0.05, 0) is 50.2 Å². The fraction of sp³-hybridized carbons (Fsp3) is 0.500. The molecule has 3 nitrogen and oxygen atoms in total. The van der Waals surface area contributed by atoms with Crippen LogP contribution in [-0.2, 0) is 16.4 Å². The quantitative estimate of drug-likeness (QED) is 0.785. The second kappa shape index (κ2) is 4.41. The van der Waals surface area contributed by atoms with Gasteiger partial charge in [0, 0.05) is 5.56 Å². The maximum atomic E-state index is 9.60. The van der Waals surface area contributed by atoms with Crippen molar-refractivity contribution in [1.29, 1.82) is 5.26 Å². The first-order valence-electron chi connectivity index (χ1n) is 6.19. The smallest absolute Gasteiger partial charge is 0.186 e. The van der Waals surface area contributed by atoms with Gasteiger partial charge in [-0.1, -0.05) is 6.07 Å². The van der Waals surface area contributed by atoms with Crippen LogP contribution in [0.25, 0.3) is 0 Å². The highest BCUT2D eigenvalue weighted by molar-refractivity contribution is 6.69. The lowest BCUT2D eigenvalue weighted by Gasteiger charge is -2.31. The minimum Gasteiger partial charge on any atom is -0.497 e. The Hall–Kier alpha value is -1.31. The molecule has 1 aromatic carbocycles. The van der Waals surface area contributed by atoms with Crippen LogP contribution < -0.4 is 4.74 Å². The van der Waals surface area contributed by atoms with E-state index < -0.39 is 13.9 Å². The van der Waals surface area contributed by atoms with Crippen molar-refractivity contribution in [3.05, 3.63) is 29.3 Å². The molecule has 4 heteroatoms. The van der Waals surface area contributed by atoms with Crippen LogP contribution in [0.2, 0.25) is 19.6 Å². The molecule has 0 radical (unpaired) electrons. The first-order chi connectivity index (χ1) is 8.40. The normalized spacial score (nSPS) is 22.4. The lowest BCUT2D eigenvalue weighted by atomic mass is 9.98. The maximum absolute atomic E-state index is 9.60. The van der Waals surface area contributed by atoms with E-state index in [1.807, 2.05) is 18.2 Å². The van der Waals surface area contributed by atoms with Crippen LogP contribution in [0.4, 0.5) is 0 Å². The zero-order valence-electron chi connectivity index (χ0n) is 11.4. The van der Waals surface area contributed by atoms with Crippen molar-refractivity contribution in [2.24, 2.45) is 0 Å². The van der Waals surface area contributed by atoms with E-state index >= 15 is 0 Å². The third-order valence-electron chi connectivity index (χ3n) is 3.16. The minimum absolute atomic E-state index is 0.746. The SMILES string of the molecule is COc1ccc2c(c1)C(C#N)(O[Si](C)(C)C)CC2. The Balaban J connectivity index is 2.47. The third kappa shape index (κ3) is 2.29. The average Bonchev–Trinajstić information content (AvgIpc) is 2.66. The molecule has 1 aliphatic rings. The van der Waals surface area contributed by atoms with Gasteiger partial charge < -0.3 is 9.16 Å². The lowest BCUT2D eigenvalue weighted by molar-refractivity contribution is 0.121. The summed E-state index contributed by atoms with van der Waals surface area (Å²) in [7, 11) is -0.132. The van der Waals surface area contributed by atoms with E-state index in [2.05, 4.69) is 25.7 Å². The van der Waals surface area contributed by atoms with Gasteiger partial charge in [-0.15, -0.1) is 0 Å². The van der Waals surface area contributed by atoms with Gasteiger partial charge in [0.15, 0.2) is 13.9 Å². The molecular formula is C14H19NO2Si. The van der Waals surface area contributed by atoms with E-state index in [0.29, 0.717) is 0 Å². The zero-order valence-corrected chi connectivity index (χ0v) is 12.4. The summed E-state index contributed by atoms with van der Waals surface area (Å²) in [5.74, 6) is 0.787. The summed E-state index contributed by atoms with van der Waals surface area (Å²) in [6.07, 6.45) is 1.65. The molecule has 0 saturated carbocycles. The van der Waals surface area contributed by atoms with Gasteiger partial charge >= 0.3 is 0 Å². The molecule has 0 saturated heterocycles. The van der Waals surface area contributed by atoms with Gasteiger partial charge in [0.05, 0.1) is 7.11 Å². The topological polar surface area (TPSA) is 42.2 Å². The summed E-state index contributed by atoms with van der Waals surface area (Å²) >= 11 is 0. The molecule has 0 fully saturated rings. The highest BCUT2D eigenvalue weighted by Gasteiger charge is 2.43. The van der Waals surface area contributed by atoms with E-state index in [0.717, 1.165) is 24.2 Å². The number of aryl methyl sites for hydroxylation is 1. The van der Waals surface area contributed by atoms with Crippen LogP contribution in [-0.4, -0.2) is 15.4 Å². The Morgan fingerprint density at radius 1 is 1.33 bits per heavy atom. The molecule has 0 bridgehead atoms. The molecule has 1 unspecified atom stereocenters. The van der Waals surface area contributed by atoms with Gasteiger partial charge in [-0.25, -0.2) is 0 Å². The molecule has 18 heavy (non-hydrogen) atoms. The van der Waals surface area contributed by atoms with Gasteiger partial charge in [-0.2, -0.15) is 5.26 Å². The van der Waals surface area contributed by atoms with E-state index in [4.69, 9.17) is 9.16 Å². The van der Waals surface area contributed by atoms with Gasteiger partial charge in [0.1, 0.15) is 11.8 Å². The average molecular weight is 261 g/mol. The number of nitrogens with zero attached hydrogens (tertiary/aromatic N) is 1. The van der Waals surface area contributed by atoms with Crippen LogP contribution in [0.15, 0.2) is 18.2 Å². The van der Waals surface area contributed by atoms with Crippen molar-refractivity contribution in [2.75, 3.05) is 7.11 Å². The first kappa shape index (κ1) is 13.1. The zero-order chi connectivity index (χ0) is 13.4. The Kier molecular flexibility index (Phi) is 3.22. The molecule has 1 aromatic rings. The molecule has 1 aliphatic carbocycles. The number of fused-ring (bicyclic) bond motifs is 1. The van der Waals surface area contributed by atoms with Gasteiger partial charge in [0.25, 0.3) is 0 Å². The maximum Gasteiger partial charge on any atom is 0.186 e. The fourth-order valence-corrected chi connectivity index (χ4v) is 3.79. The monoisotopic (exact) mass is 261 g/mol. The first-order valence-corrected chi connectivity index (χ1v) is 9.60. The molecule has 0 amide bonds. The molecular weight excluding hydrogens is 242 g/mol. The number of methoxy groups -OCH3 is 1. The van der Waals surface area contributed by atoms with E-state index in [1.165, 1.54) is 5.56 Å². The second-order valence-electron chi connectivity index (χ2n) is 5.68. The number of ether oxygens (including phenoxy) is 1. The van der Waals surface area contributed by atoms with E-state index in [-0.39, 0.29) is 0 Å². The van der Waals surface area contributed by atoms with Crippen LogP contribution in [0.3, 0.4) is 0 Å². The molecule has 0 spiro atoms. The molecule has 96 valence electrons. The molecule has 2 rings (SSSR count). The Bertz CT molecular complexity index is 501. The predicted molar refractivity (Wildman–Crippen MR) is 73.0 cm³/mol. The third-order valence-corrected chi connectivity index (χ3v) is 4.12. The van der Waals surface area contributed by atoms with Crippen molar-refractivity contribution in [1.82, 2.24) is 0 Å². The number of hydrogen-bond donors (Lipinski definition) is 0. The number of benzene rings is 1. The summed E-state index contributed by atoms with van der Waals surface area (Å²) < 4.78 is 11.4. The van der Waals surface area contributed by atoms with E-state index in [9.17, 15) is 5.26 Å². The molecule has 0 aromatic heterocycles. The van der Waals surface area contributed by atoms with Crippen molar-refractivity contribution >= 4 is 8.32 Å². The lowest BCUT2D eigenvalue weighted by Crippen LogP contribution is -2.38. The van der Waals surface area contributed by atoms with Gasteiger partial charge in [-0.3, -0.25) is 0 Å². The molecule has 0 aliphatic heterocycles. The minimum atomic E-state index is -1.77. The number of nitriles is 1. The number of hydrogen-bond acceptors (Lipinski definition) is 3. The predicted octanol–water partition coefficient (Wildman–Crippen LogP) is 3.21. The Morgan fingerprint density at radius 3 is 2.61 bits per heavy atom. The molecule has 0 heterocycles. The van der Waals surface area contributed by atoms with Crippen LogP contribution in [0, 0.1) is 11.3 Å². The van der Waals surface area contributed by atoms with Crippen molar-refractivity contribution in [3.8, 4) is 11.8 Å². The van der Waals surface area contributed by atoms with Gasteiger partial charge in [0.2, 0.25) is 0 Å². The van der Waals surface area contributed by atoms with Crippen molar-refractivity contribution < 1.29 is 9.16 Å². The largest absolute Gasteiger partial charge is 0.497 e. The Morgan fingerprint density at radius 2 is 2.06 bits per heavy atom. The van der Waals surface area contributed by atoms with Crippen molar-refractivity contribution in [2.45, 2.75) is 38.1 Å². The summed E-state index contributed by atoms with van der Waals surface area (Å²) in [4.78, 5) is 0. The summed E-state index contributed by atoms with van der Waals surface area (Å²) in [5.41, 5.74) is 1.43. The summed E-state index contributed by atoms with van der Waals surface area (Å²) in [5, 5.41) is 9.60. The van der Waals surface area contributed by atoms with E-state index in [1.54, 1.807) is 7.11 Å². The Labute approximate surface area is 109 Å². The van der Waals surface area contributed by atoms with Crippen LogP contribution in [0.5, 0.6) is 5.75 Å². The second-order valence-corrected chi connectivity index (χ2v) is 10.1. The van der Waals surface area contributed by atoms with Crippen LogP contribution in [0.1, 0.15) is 17.5 Å². The highest BCUT2D eigenvalue weighted by Crippen LogP contribution is 2.42. The molecule has 1 atom stereocenters. The van der Waals surface area contributed by atoms with Crippen molar-refractivity contribution in [3.63, 3.8) is 0 Å². The van der Waals surface area contributed by atoms with Crippen LogP contribution >= 0.6 is 0 Å². The summed E-state index contributed by atoms with van der Waals surface area (Å²) in [6, 6.07) is 8.34. The number of rotatable bonds is 3. The highest BCUT2D eigenvalue weighted by atomic mass is 28.4. The molecule has 0 N–H and O–H groups in total. The summed E-state index contributed by atoms with van der Waals surface area (Å²) in [6.45, 7) is 6.35.